The number of halogens is 3. The van der Waals surface area contributed by atoms with E-state index in [9.17, 15) is 34.8 Å². The van der Waals surface area contributed by atoms with Crippen LogP contribution in [0.25, 0.3) is 0 Å². The van der Waals surface area contributed by atoms with Crippen molar-refractivity contribution in [2.75, 3.05) is 37.7 Å². The van der Waals surface area contributed by atoms with Crippen molar-refractivity contribution in [2.45, 2.75) is 30.0 Å². The summed E-state index contributed by atoms with van der Waals surface area (Å²) in [6.07, 6.45) is -3.16. The van der Waals surface area contributed by atoms with Crippen LogP contribution in [0.1, 0.15) is 23.6 Å². The minimum Gasteiger partial charge on any atom is -0.475 e. The molecule has 0 unspecified atom stereocenters. The molecule has 0 saturated carbocycles. The summed E-state index contributed by atoms with van der Waals surface area (Å²) in [6.45, 7) is 0.711. The van der Waals surface area contributed by atoms with Gasteiger partial charge in [-0.1, -0.05) is 30.3 Å². The van der Waals surface area contributed by atoms with Crippen molar-refractivity contribution in [3.8, 4) is 0 Å². The number of carboxylic acid groups (broad SMARTS) is 1. The molecule has 1 aromatic heterocycles. The highest BCUT2D eigenvalue weighted by atomic mass is 32.2. The molecule has 0 bridgehead atoms. The first-order valence-electron chi connectivity index (χ1n) is 12.1. The van der Waals surface area contributed by atoms with Gasteiger partial charge < -0.3 is 15.7 Å². The molecule has 2 aliphatic heterocycles. The second kappa shape index (κ2) is 12.6. The van der Waals surface area contributed by atoms with E-state index < -0.39 is 37.9 Å². The number of aromatic nitrogens is 1. The average Bonchev–Trinajstić information content (AvgIpc) is 2.92. The number of carbonyl (C=O) groups excluding carboxylic acids is 1. The average molecular weight is 607 g/mol. The number of amides is 1. The number of nitrogens with zero attached hydrogens (tertiary/aromatic N) is 3. The summed E-state index contributed by atoms with van der Waals surface area (Å²) in [7, 11) is -7.01. The molecule has 2 aliphatic rings. The van der Waals surface area contributed by atoms with E-state index in [-0.39, 0.29) is 61.0 Å². The molecular weight excluding hydrogens is 577 g/mol. The number of carboxylic acids is 1. The highest BCUT2D eigenvalue weighted by molar-refractivity contribution is 7.91. The SMILES string of the molecule is NCc1cc(S(=O)(=O)N2C[C@@H](C(=O)N3CCS(=O)(=O)CC3)C[C@H](c3ccccc3)C2)ccn1.O=C(O)C(F)(F)F. The summed E-state index contributed by atoms with van der Waals surface area (Å²) in [6, 6.07) is 12.5. The molecule has 11 nitrogen and oxygen atoms in total. The Morgan fingerprint density at radius 1 is 1.07 bits per heavy atom. The summed E-state index contributed by atoms with van der Waals surface area (Å²) in [5, 5.41) is 7.12. The van der Waals surface area contributed by atoms with Gasteiger partial charge in [0.25, 0.3) is 0 Å². The third-order valence-corrected chi connectivity index (χ3v) is 10.0. The number of rotatable bonds is 5. The molecule has 2 aromatic rings. The van der Waals surface area contributed by atoms with Gasteiger partial charge in [-0.3, -0.25) is 9.78 Å². The van der Waals surface area contributed by atoms with Crippen molar-refractivity contribution >= 4 is 31.7 Å². The number of hydrogen-bond donors (Lipinski definition) is 2. The predicted molar refractivity (Wildman–Crippen MR) is 137 cm³/mol. The molecule has 1 amide bonds. The van der Waals surface area contributed by atoms with E-state index in [0.717, 1.165) is 5.56 Å². The van der Waals surface area contributed by atoms with Crippen LogP contribution in [0.4, 0.5) is 13.2 Å². The van der Waals surface area contributed by atoms with E-state index in [1.807, 2.05) is 30.3 Å². The van der Waals surface area contributed by atoms with Gasteiger partial charge in [0.1, 0.15) is 0 Å². The number of nitrogens with two attached hydrogens (primary N) is 1. The molecule has 16 heteroatoms. The fourth-order valence-electron chi connectivity index (χ4n) is 4.47. The van der Waals surface area contributed by atoms with Crippen LogP contribution in [0.3, 0.4) is 0 Å². The van der Waals surface area contributed by atoms with Gasteiger partial charge in [0.15, 0.2) is 9.84 Å². The molecular formula is C24H29F3N4O7S2. The van der Waals surface area contributed by atoms with E-state index in [1.165, 1.54) is 22.6 Å². The van der Waals surface area contributed by atoms with Crippen LogP contribution in [-0.2, 0) is 36.0 Å². The van der Waals surface area contributed by atoms with E-state index in [2.05, 4.69) is 4.98 Å². The second-order valence-corrected chi connectivity index (χ2v) is 13.6. The first-order valence-corrected chi connectivity index (χ1v) is 15.4. The fraction of sp³-hybridized carbons (Fsp3) is 0.458. The topological polar surface area (TPSA) is 168 Å². The third-order valence-electron chi connectivity index (χ3n) is 6.57. The maximum Gasteiger partial charge on any atom is 0.490 e. The lowest BCUT2D eigenvalue weighted by Gasteiger charge is -2.39. The van der Waals surface area contributed by atoms with E-state index in [4.69, 9.17) is 15.6 Å². The number of benzene rings is 1. The highest BCUT2D eigenvalue weighted by Crippen LogP contribution is 2.34. The third kappa shape index (κ3) is 7.99. The van der Waals surface area contributed by atoms with Gasteiger partial charge in [0.2, 0.25) is 15.9 Å². The Labute approximate surface area is 229 Å². The normalized spacial score (nSPS) is 21.6. The number of sulfone groups is 1. The van der Waals surface area contributed by atoms with Gasteiger partial charge in [0.05, 0.1) is 28.0 Å². The summed E-state index contributed by atoms with van der Waals surface area (Å²) in [5.41, 5.74) is 7.07. The van der Waals surface area contributed by atoms with E-state index in [0.29, 0.717) is 12.1 Å². The van der Waals surface area contributed by atoms with Crippen LogP contribution in [0, 0.1) is 5.92 Å². The van der Waals surface area contributed by atoms with Gasteiger partial charge in [-0.25, -0.2) is 21.6 Å². The quantitative estimate of drug-likeness (QED) is 0.509. The summed E-state index contributed by atoms with van der Waals surface area (Å²) >= 11 is 0. The lowest BCUT2D eigenvalue weighted by atomic mass is 9.85. The molecule has 2 saturated heterocycles. The maximum absolute atomic E-state index is 13.5. The standard InChI is InChI=1S/C22H28N4O5S2.C2HF3O2/c23-14-20-13-21(6-7-24-20)33(30,31)26-15-18(17-4-2-1-3-5-17)12-19(16-26)22(27)25-8-10-32(28,29)11-9-25;3-2(4,5)1(6)7/h1-7,13,18-19H,8-12,14-16,23H2;(H,6,7)/t18-,19-;/m0./s1. The van der Waals surface area contributed by atoms with Crippen LogP contribution in [-0.4, -0.2) is 91.9 Å². The van der Waals surface area contributed by atoms with Crippen molar-refractivity contribution in [1.29, 1.82) is 0 Å². The van der Waals surface area contributed by atoms with Crippen LogP contribution in [0.2, 0.25) is 0 Å². The van der Waals surface area contributed by atoms with Crippen molar-refractivity contribution in [3.63, 3.8) is 0 Å². The largest absolute Gasteiger partial charge is 0.490 e. The van der Waals surface area contributed by atoms with Gasteiger partial charge in [-0.05, 0) is 30.0 Å². The monoisotopic (exact) mass is 606 g/mol. The zero-order valence-corrected chi connectivity index (χ0v) is 22.8. The number of carbonyl (C=O) groups is 2. The van der Waals surface area contributed by atoms with Crippen molar-refractivity contribution < 1.29 is 44.7 Å². The lowest BCUT2D eigenvalue weighted by Crippen LogP contribution is -2.52. The number of alkyl halides is 3. The number of pyridine rings is 1. The smallest absolute Gasteiger partial charge is 0.475 e. The summed E-state index contributed by atoms with van der Waals surface area (Å²) < 4.78 is 83.7. The molecule has 0 spiro atoms. The van der Waals surface area contributed by atoms with Crippen molar-refractivity contribution in [1.82, 2.24) is 14.2 Å². The molecule has 0 radical (unpaired) electrons. The number of sulfonamides is 1. The summed E-state index contributed by atoms with van der Waals surface area (Å²) in [4.78, 5) is 28.0. The predicted octanol–water partition coefficient (Wildman–Crippen LogP) is 1.23. The van der Waals surface area contributed by atoms with Crippen molar-refractivity contribution in [3.05, 3.63) is 59.9 Å². The lowest BCUT2D eigenvalue weighted by molar-refractivity contribution is -0.192. The molecule has 4 rings (SSSR count). The molecule has 1 aromatic carbocycles. The van der Waals surface area contributed by atoms with E-state index >= 15 is 0 Å². The van der Waals surface area contributed by atoms with Crippen LogP contribution in [0.15, 0.2) is 53.6 Å². The van der Waals surface area contributed by atoms with E-state index in [1.54, 1.807) is 4.90 Å². The van der Waals surface area contributed by atoms with Gasteiger partial charge in [0, 0.05) is 38.9 Å². The molecule has 2 atom stereocenters. The molecule has 2 fully saturated rings. The van der Waals surface area contributed by atoms with Gasteiger partial charge in [-0.2, -0.15) is 17.5 Å². The second-order valence-electron chi connectivity index (χ2n) is 9.33. The Balaban J connectivity index is 0.000000559. The zero-order chi connectivity index (χ0) is 29.7. The Kier molecular flexibility index (Phi) is 9.92. The maximum atomic E-state index is 13.5. The molecule has 40 heavy (non-hydrogen) atoms. The first kappa shape index (κ1) is 31.4. The molecule has 3 N–H and O–H groups in total. The highest BCUT2D eigenvalue weighted by Gasteiger charge is 2.41. The Morgan fingerprint density at radius 3 is 2.23 bits per heavy atom. The molecule has 3 heterocycles. The Bertz CT molecular complexity index is 1410. The van der Waals surface area contributed by atoms with Gasteiger partial charge >= 0.3 is 12.1 Å². The summed E-state index contributed by atoms with van der Waals surface area (Å²) in [5.74, 6) is -3.79. The first-order chi connectivity index (χ1) is 18.6. The van der Waals surface area contributed by atoms with Crippen molar-refractivity contribution in [2.24, 2.45) is 11.7 Å². The Hall–Kier alpha value is -3.08. The van der Waals surface area contributed by atoms with Crippen LogP contribution in [0.5, 0.6) is 0 Å². The molecule has 220 valence electrons. The van der Waals surface area contributed by atoms with Gasteiger partial charge in [-0.15, -0.1) is 0 Å². The Morgan fingerprint density at radius 2 is 1.68 bits per heavy atom. The minimum absolute atomic E-state index is 0.0496. The minimum atomic E-state index is -5.08. The number of aliphatic carboxylic acids is 1. The zero-order valence-electron chi connectivity index (χ0n) is 21.2. The number of piperidine rings is 1. The number of hydrogen-bond acceptors (Lipinski definition) is 8. The van der Waals surface area contributed by atoms with Crippen LogP contribution < -0.4 is 5.73 Å². The van der Waals surface area contributed by atoms with Crippen LogP contribution >= 0.6 is 0 Å². The fourth-order valence-corrected chi connectivity index (χ4v) is 7.24. The molecule has 0 aliphatic carbocycles.